The molecule has 0 radical (unpaired) electrons. The highest BCUT2D eigenvalue weighted by Crippen LogP contribution is 2.43. The van der Waals surface area contributed by atoms with E-state index in [2.05, 4.69) is 0 Å². The minimum atomic E-state index is -0.763. The van der Waals surface area contributed by atoms with Crippen molar-refractivity contribution in [1.29, 1.82) is 0 Å². The van der Waals surface area contributed by atoms with Crippen LogP contribution in [0.4, 0.5) is 5.69 Å². The fraction of sp³-hybridized carbons (Fsp3) is 0.409. The Kier molecular flexibility index (Phi) is 8.70. The van der Waals surface area contributed by atoms with E-state index < -0.39 is 16.6 Å². The lowest BCUT2D eigenvalue weighted by molar-refractivity contribution is -0.385. The van der Waals surface area contributed by atoms with Crippen LogP contribution in [-0.2, 0) is 14.2 Å². The first-order chi connectivity index (χ1) is 15.9. The van der Waals surface area contributed by atoms with Crippen molar-refractivity contribution in [3.8, 4) is 23.0 Å². The molecule has 0 amide bonds. The third-order valence-electron chi connectivity index (χ3n) is 4.79. The van der Waals surface area contributed by atoms with E-state index in [1.54, 1.807) is 6.07 Å². The van der Waals surface area contributed by atoms with Gasteiger partial charge in [-0.1, -0.05) is 11.6 Å². The summed E-state index contributed by atoms with van der Waals surface area (Å²) in [5, 5.41) is 12.0. The second kappa shape index (κ2) is 11.7. The predicted molar refractivity (Wildman–Crippen MR) is 118 cm³/mol. The average Bonchev–Trinajstić information content (AvgIpc) is 2.83. The third-order valence-corrected chi connectivity index (χ3v) is 5.10. The van der Waals surface area contributed by atoms with Gasteiger partial charge in [0.05, 0.1) is 36.3 Å². The first-order valence-electron chi connectivity index (χ1n) is 10.2. The molecule has 1 aliphatic heterocycles. The summed E-state index contributed by atoms with van der Waals surface area (Å²) in [7, 11) is 2.64. The molecule has 0 N–H and O–H groups in total. The van der Waals surface area contributed by atoms with E-state index in [1.165, 1.54) is 32.4 Å². The maximum Gasteiger partial charge on any atom is 0.338 e. The number of carbonyl (C=O) groups is 1. The SMILES string of the molecule is COC(=O)c1cc(OCCOC2CCCCO2)c(Oc2cc(OC)ccc2Cl)c([N+](=O)[O-])c1. The van der Waals surface area contributed by atoms with E-state index >= 15 is 0 Å². The summed E-state index contributed by atoms with van der Waals surface area (Å²) in [6.45, 7) is 0.836. The monoisotopic (exact) mass is 481 g/mol. The van der Waals surface area contributed by atoms with Gasteiger partial charge < -0.3 is 28.4 Å². The predicted octanol–water partition coefficient (Wildman–Crippen LogP) is 4.76. The Morgan fingerprint density at radius 2 is 2.00 bits per heavy atom. The fourth-order valence-corrected chi connectivity index (χ4v) is 3.30. The molecule has 1 atom stereocenters. The van der Waals surface area contributed by atoms with Gasteiger partial charge in [0.2, 0.25) is 5.75 Å². The molecular formula is C22H24ClNO9. The summed E-state index contributed by atoms with van der Waals surface area (Å²) < 4.78 is 32.5. The summed E-state index contributed by atoms with van der Waals surface area (Å²) in [4.78, 5) is 23.2. The number of hydrogen-bond donors (Lipinski definition) is 0. The van der Waals surface area contributed by atoms with Gasteiger partial charge in [-0.3, -0.25) is 10.1 Å². The minimum Gasteiger partial charge on any atom is -0.497 e. The molecule has 1 fully saturated rings. The van der Waals surface area contributed by atoms with E-state index in [1.807, 2.05) is 0 Å². The van der Waals surface area contributed by atoms with Crippen molar-refractivity contribution >= 4 is 23.3 Å². The van der Waals surface area contributed by atoms with Crippen LogP contribution < -0.4 is 14.2 Å². The first-order valence-corrected chi connectivity index (χ1v) is 10.6. The van der Waals surface area contributed by atoms with Crippen molar-refractivity contribution in [2.24, 2.45) is 0 Å². The molecule has 10 nitrogen and oxygen atoms in total. The Bertz CT molecular complexity index is 992. The summed E-state index contributed by atoms with van der Waals surface area (Å²) in [6, 6.07) is 6.98. The lowest BCUT2D eigenvalue weighted by Crippen LogP contribution is -2.24. The first kappa shape index (κ1) is 24.6. The molecule has 1 saturated heterocycles. The molecule has 0 saturated carbocycles. The van der Waals surface area contributed by atoms with Gasteiger partial charge in [-0.2, -0.15) is 0 Å². The van der Waals surface area contributed by atoms with Crippen LogP contribution in [0.1, 0.15) is 29.6 Å². The normalized spacial score (nSPS) is 15.5. The summed E-state index contributed by atoms with van der Waals surface area (Å²) >= 11 is 6.21. The van der Waals surface area contributed by atoms with Gasteiger partial charge in [-0.15, -0.1) is 0 Å². The van der Waals surface area contributed by atoms with Gasteiger partial charge in [0, 0.05) is 18.7 Å². The fourth-order valence-electron chi connectivity index (χ4n) is 3.14. The minimum absolute atomic E-state index is 0.0316. The van der Waals surface area contributed by atoms with E-state index in [-0.39, 0.29) is 47.3 Å². The summed E-state index contributed by atoms with van der Waals surface area (Å²) in [5.41, 5.74) is -0.567. The van der Waals surface area contributed by atoms with Gasteiger partial charge in [-0.25, -0.2) is 4.79 Å². The van der Waals surface area contributed by atoms with E-state index in [4.69, 9.17) is 40.0 Å². The molecule has 2 aromatic carbocycles. The van der Waals surface area contributed by atoms with Crippen LogP contribution in [0.3, 0.4) is 0 Å². The Morgan fingerprint density at radius 1 is 1.18 bits per heavy atom. The Balaban J connectivity index is 1.89. The van der Waals surface area contributed by atoms with Crippen LogP contribution >= 0.6 is 11.6 Å². The van der Waals surface area contributed by atoms with Crippen molar-refractivity contribution in [2.75, 3.05) is 34.0 Å². The van der Waals surface area contributed by atoms with Crippen LogP contribution in [-0.4, -0.2) is 51.2 Å². The molecule has 0 bridgehead atoms. The zero-order chi connectivity index (χ0) is 23.8. The Hall–Kier alpha value is -3.08. The van der Waals surface area contributed by atoms with Gasteiger partial charge in [-0.05, 0) is 37.5 Å². The van der Waals surface area contributed by atoms with Gasteiger partial charge >= 0.3 is 11.7 Å². The zero-order valence-corrected chi connectivity index (χ0v) is 19.0. The number of rotatable bonds is 10. The van der Waals surface area contributed by atoms with Crippen LogP contribution in [0.25, 0.3) is 0 Å². The molecule has 0 aromatic heterocycles. The average molecular weight is 482 g/mol. The highest BCUT2D eigenvalue weighted by molar-refractivity contribution is 6.32. The lowest BCUT2D eigenvalue weighted by Gasteiger charge is -2.22. The molecular weight excluding hydrogens is 458 g/mol. The summed E-state index contributed by atoms with van der Waals surface area (Å²) in [5.74, 6) is -0.484. The van der Waals surface area contributed by atoms with Gasteiger partial charge in [0.15, 0.2) is 12.0 Å². The van der Waals surface area contributed by atoms with Crippen molar-refractivity contribution in [2.45, 2.75) is 25.6 Å². The third kappa shape index (κ3) is 6.47. The molecule has 11 heteroatoms. The number of esters is 1. The molecule has 1 unspecified atom stereocenters. The number of ether oxygens (including phenoxy) is 6. The molecule has 2 aromatic rings. The van der Waals surface area contributed by atoms with Gasteiger partial charge in [0.25, 0.3) is 0 Å². The molecule has 0 aliphatic carbocycles. The number of methoxy groups -OCH3 is 2. The topological polar surface area (TPSA) is 116 Å². The van der Waals surface area contributed by atoms with Crippen LogP contribution in [0, 0.1) is 10.1 Å². The van der Waals surface area contributed by atoms with Crippen molar-refractivity contribution in [3.63, 3.8) is 0 Å². The van der Waals surface area contributed by atoms with E-state index in [0.29, 0.717) is 12.4 Å². The highest BCUT2D eigenvalue weighted by Gasteiger charge is 2.27. The van der Waals surface area contributed by atoms with Crippen LogP contribution in [0.5, 0.6) is 23.0 Å². The van der Waals surface area contributed by atoms with E-state index in [0.717, 1.165) is 25.3 Å². The number of benzene rings is 2. The molecule has 1 heterocycles. The van der Waals surface area contributed by atoms with Crippen LogP contribution in [0.2, 0.25) is 5.02 Å². The Labute approximate surface area is 195 Å². The standard InChI is InChI=1S/C22H24ClNO9/c1-28-15-6-7-16(23)18(13-15)33-21-17(24(26)27)11-14(22(25)29-2)12-19(21)30-9-10-32-20-5-3-4-8-31-20/h6-7,11-13,20H,3-5,8-10H2,1-2H3. The molecule has 3 rings (SSSR count). The second-order valence-corrected chi connectivity index (χ2v) is 7.39. The number of hydrogen-bond acceptors (Lipinski definition) is 9. The maximum absolute atomic E-state index is 12.1. The number of nitro benzene ring substituents is 1. The smallest absolute Gasteiger partial charge is 0.338 e. The lowest BCUT2D eigenvalue weighted by atomic mass is 10.1. The van der Waals surface area contributed by atoms with Gasteiger partial charge in [0.1, 0.15) is 18.1 Å². The highest BCUT2D eigenvalue weighted by atomic mass is 35.5. The number of nitro groups is 1. The van der Waals surface area contributed by atoms with Crippen LogP contribution in [0.15, 0.2) is 30.3 Å². The number of halogens is 1. The summed E-state index contributed by atoms with van der Waals surface area (Å²) in [6.07, 6.45) is 2.47. The maximum atomic E-state index is 12.1. The molecule has 33 heavy (non-hydrogen) atoms. The van der Waals surface area contributed by atoms with Crippen molar-refractivity contribution in [1.82, 2.24) is 0 Å². The zero-order valence-electron chi connectivity index (χ0n) is 18.2. The van der Waals surface area contributed by atoms with E-state index in [9.17, 15) is 14.9 Å². The molecule has 178 valence electrons. The largest absolute Gasteiger partial charge is 0.497 e. The van der Waals surface area contributed by atoms with Crippen molar-refractivity contribution in [3.05, 3.63) is 51.0 Å². The molecule has 0 spiro atoms. The quantitative estimate of drug-likeness (QED) is 0.205. The Morgan fingerprint density at radius 3 is 2.67 bits per heavy atom. The second-order valence-electron chi connectivity index (χ2n) is 6.99. The van der Waals surface area contributed by atoms with Crippen molar-refractivity contribution < 1.29 is 38.1 Å². The molecule has 1 aliphatic rings. The number of nitrogens with zero attached hydrogens (tertiary/aromatic N) is 1. The number of carbonyl (C=O) groups excluding carboxylic acids is 1.